The van der Waals surface area contributed by atoms with Gasteiger partial charge in [-0.05, 0) is 43.7 Å². The number of rotatable bonds is 2. The number of fused-ring (bicyclic) bond motifs is 1. The number of hydrogen-bond acceptors (Lipinski definition) is 2. The summed E-state index contributed by atoms with van der Waals surface area (Å²) in [6, 6.07) is 7.77. The molecule has 0 spiro atoms. The molecule has 1 aromatic carbocycles. The smallest absolute Gasteiger partial charge is 0.302 e. The summed E-state index contributed by atoms with van der Waals surface area (Å²) < 4.78 is 0. The Morgan fingerprint density at radius 3 is 2.68 bits per heavy atom. The van der Waals surface area contributed by atoms with Gasteiger partial charge in [-0.3, -0.25) is 9.59 Å². The van der Waals surface area contributed by atoms with E-state index in [2.05, 4.69) is 29.0 Å². The first kappa shape index (κ1) is 15.7. The maximum atomic E-state index is 12.1. The molecule has 0 aliphatic carbocycles. The number of carbonyl (C=O) groups is 2. The number of nitrogens with one attached hydrogen (secondary N) is 1. The third-order valence-corrected chi connectivity index (χ3v) is 3.59. The lowest BCUT2D eigenvalue weighted by molar-refractivity contribution is -0.116. The number of amides is 2. The van der Waals surface area contributed by atoms with E-state index in [4.69, 9.17) is 0 Å². The van der Waals surface area contributed by atoms with Crippen molar-refractivity contribution in [1.82, 2.24) is 5.32 Å². The lowest BCUT2D eigenvalue weighted by Gasteiger charge is -2.33. The van der Waals surface area contributed by atoms with Gasteiger partial charge in [-0.2, -0.15) is 0 Å². The van der Waals surface area contributed by atoms with Crippen LogP contribution in [0, 0.1) is 23.7 Å². The second-order valence-corrected chi connectivity index (χ2v) is 4.96. The average molecular weight is 294 g/mol. The molecule has 1 atom stereocenters. The highest BCUT2D eigenvalue weighted by Gasteiger charge is 2.27. The van der Waals surface area contributed by atoms with Gasteiger partial charge in [-0.1, -0.05) is 30.0 Å². The van der Waals surface area contributed by atoms with Crippen LogP contribution < -0.4 is 10.2 Å². The topological polar surface area (TPSA) is 49.4 Å². The van der Waals surface area contributed by atoms with Crippen LogP contribution in [0.1, 0.15) is 31.7 Å². The summed E-state index contributed by atoms with van der Waals surface area (Å²) in [7, 11) is 0. The van der Waals surface area contributed by atoms with E-state index in [1.165, 1.54) is 0 Å². The Bertz CT molecular complexity index is 701. The van der Waals surface area contributed by atoms with Crippen LogP contribution in [0.5, 0.6) is 0 Å². The van der Waals surface area contributed by atoms with Crippen LogP contribution >= 0.6 is 0 Å². The first-order valence-corrected chi connectivity index (χ1v) is 7.21. The minimum Gasteiger partial charge on any atom is -0.345 e. The van der Waals surface area contributed by atoms with Gasteiger partial charge in [0.15, 0.2) is 0 Å². The standard InChI is InChI=1S/C18H18N2O2/c1-3-7-17(21)19-13-14-11-12-20(18(22)8-4-2)16-10-6-5-9-15(14)16/h5-6,9-10,14H,11-13H2,1-2H3,(H,19,21). The second-order valence-electron chi connectivity index (χ2n) is 4.96. The number of nitrogens with zero attached hydrogens (tertiary/aromatic N) is 1. The van der Waals surface area contributed by atoms with E-state index in [1.807, 2.05) is 24.3 Å². The Hall–Kier alpha value is -2.72. The molecule has 0 radical (unpaired) electrons. The van der Waals surface area contributed by atoms with Gasteiger partial charge in [0.2, 0.25) is 0 Å². The van der Waals surface area contributed by atoms with Crippen LogP contribution in [0.4, 0.5) is 5.69 Å². The van der Waals surface area contributed by atoms with E-state index in [-0.39, 0.29) is 17.7 Å². The van der Waals surface area contributed by atoms with Crippen LogP contribution in [0.2, 0.25) is 0 Å². The fourth-order valence-electron chi connectivity index (χ4n) is 2.61. The van der Waals surface area contributed by atoms with Crippen molar-refractivity contribution in [1.29, 1.82) is 0 Å². The van der Waals surface area contributed by atoms with Gasteiger partial charge in [-0.25, -0.2) is 0 Å². The van der Waals surface area contributed by atoms with Crippen LogP contribution in [-0.4, -0.2) is 24.9 Å². The molecule has 1 unspecified atom stereocenters. The molecule has 1 aromatic rings. The summed E-state index contributed by atoms with van der Waals surface area (Å²) in [5.74, 6) is 10.0. The van der Waals surface area contributed by atoms with E-state index < -0.39 is 0 Å². The normalized spacial score (nSPS) is 15.5. The maximum Gasteiger partial charge on any atom is 0.302 e. The summed E-state index contributed by atoms with van der Waals surface area (Å²) in [6.45, 7) is 4.41. The van der Waals surface area contributed by atoms with Crippen molar-refractivity contribution in [3.05, 3.63) is 29.8 Å². The molecule has 4 heteroatoms. The van der Waals surface area contributed by atoms with Crippen molar-refractivity contribution in [3.63, 3.8) is 0 Å². The molecule has 1 N–H and O–H groups in total. The lowest BCUT2D eigenvalue weighted by Crippen LogP contribution is -2.38. The highest BCUT2D eigenvalue weighted by atomic mass is 16.2. The summed E-state index contributed by atoms with van der Waals surface area (Å²) in [4.78, 5) is 25.3. The number of anilines is 1. The van der Waals surface area contributed by atoms with Crippen molar-refractivity contribution in [2.45, 2.75) is 26.2 Å². The first-order chi connectivity index (χ1) is 10.7. The van der Waals surface area contributed by atoms with Gasteiger partial charge in [0.05, 0.1) is 0 Å². The fraction of sp³-hybridized carbons (Fsp3) is 0.333. The summed E-state index contributed by atoms with van der Waals surface area (Å²) in [5.41, 5.74) is 1.94. The Balaban J connectivity index is 2.20. The van der Waals surface area contributed by atoms with E-state index in [1.54, 1.807) is 18.7 Å². The molecule has 0 aromatic heterocycles. The zero-order valence-corrected chi connectivity index (χ0v) is 12.8. The minimum atomic E-state index is -0.268. The maximum absolute atomic E-state index is 12.1. The molecule has 1 aliphatic heterocycles. The predicted octanol–water partition coefficient (Wildman–Crippen LogP) is 1.67. The van der Waals surface area contributed by atoms with Crippen molar-refractivity contribution < 1.29 is 9.59 Å². The Morgan fingerprint density at radius 1 is 1.23 bits per heavy atom. The summed E-state index contributed by atoms with van der Waals surface area (Å²) in [6.07, 6.45) is 0.786. The Kier molecular flexibility index (Phi) is 5.22. The zero-order chi connectivity index (χ0) is 15.9. The number of benzene rings is 1. The molecule has 22 heavy (non-hydrogen) atoms. The van der Waals surface area contributed by atoms with E-state index in [0.29, 0.717) is 13.1 Å². The Labute approximate surface area is 130 Å². The van der Waals surface area contributed by atoms with Crippen molar-refractivity contribution in [3.8, 4) is 23.7 Å². The Morgan fingerprint density at radius 2 is 1.95 bits per heavy atom. The molecule has 0 saturated heterocycles. The van der Waals surface area contributed by atoms with Crippen LogP contribution in [0.3, 0.4) is 0 Å². The molecule has 0 saturated carbocycles. The quantitative estimate of drug-likeness (QED) is 0.844. The van der Waals surface area contributed by atoms with Crippen LogP contribution in [0.25, 0.3) is 0 Å². The predicted molar refractivity (Wildman–Crippen MR) is 86.1 cm³/mol. The zero-order valence-electron chi connectivity index (χ0n) is 12.8. The van der Waals surface area contributed by atoms with E-state index >= 15 is 0 Å². The monoisotopic (exact) mass is 294 g/mol. The lowest BCUT2D eigenvalue weighted by atomic mass is 9.89. The fourth-order valence-corrected chi connectivity index (χ4v) is 2.61. The van der Waals surface area contributed by atoms with Gasteiger partial charge >= 0.3 is 5.91 Å². The van der Waals surface area contributed by atoms with Crippen molar-refractivity contribution in [2.24, 2.45) is 0 Å². The van der Waals surface area contributed by atoms with Gasteiger partial charge in [0.25, 0.3) is 5.91 Å². The third kappa shape index (κ3) is 3.48. The number of hydrogen-bond donors (Lipinski definition) is 1. The summed E-state index contributed by atoms with van der Waals surface area (Å²) >= 11 is 0. The number of para-hydroxylation sites is 1. The van der Waals surface area contributed by atoms with E-state index in [0.717, 1.165) is 17.7 Å². The molecule has 2 amide bonds. The van der Waals surface area contributed by atoms with E-state index in [9.17, 15) is 9.59 Å². The number of carbonyl (C=O) groups excluding carboxylic acids is 2. The molecular weight excluding hydrogens is 276 g/mol. The van der Waals surface area contributed by atoms with Crippen LogP contribution in [-0.2, 0) is 9.59 Å². The molecule has 112 valence electrons. The second kappa shape index (κ2) is 7.33. The average Bonchev–Trinajstić information content (AvgIpc) is 2.53. The van der Waals surface area contributed by atoms with Gasteiger partial charge < -0.3 is 10.2 Å². The SMILES string of the molecule is CC#CC(=O)NCC1CCN(C(=O)C#CC)c2ccccc21. The first-order valence-electron chi connectivity index (χ1n) is 7.21. The van der Waals surface area contributed by atoms with Gasteiger partial charge in [-0.15, -0.1) is 0 Å². The highest BCUT2D eigenvalue weighted by molar-refractivity contribution is 6.06. The molecular formula is C18H18N2O2. The molecule has 0 fully saturated rings. The minimum absolute atomic E-state index is 0.178. The van der Waals surface area contributed by atoms with Gasteiger partial charge in [0.1, 0.15) is 0 Å². The molecule has 1 aliphatic rings. The van der Waals surface area contributed by atoms with Gasteiger partial charge in [0, 0.05) is 24.7 Å². The van der Waals surface area contributed by atoms with Crippen LogP contribution in [0.15, 0.2) is 24.3 Å². The molecule has 1 heterocycles. The summed E-state index contributed by atoms with van der Waals surface area (Å²) in [5, 5.41) is 2.82. The highest BCUT2D eigenvalue weighted by Crippen LogP contribution is 2.34. The van der Waals surface area contributed by atoms with Crippen molar-refractivity contribution >= 4 is 17.5 Å². The van der Waals surface area contributed by atoms with Crippen molar-refractivity contribution in [2.75, 3.05) is 18.0 Å². The molecule has 4 nitrogen and oxygen atoms in total. The molecule has 0 bridgehead atoms. The largest absolute Gasteiger partial charge is 0.345 e. The molecule has 2 rings (SSSR count). The third-order valence-electron chi connectivity index (χ3n) is 3.59.